The summed E-state index contributed by atoms with van der Waals surface area (Å²) in [5, 5.41) is 11.8. The predicted octanol–water partition coefficient (Wildman–Crippen LogP) is 3.79. The highest BCUT2D eigenvalue weighted by molar-refractivity contribution is 6.38. The van der Waals surface area contributed by atoms with E-state index in [1.165, 1.54) is 12.5 Å². The van der Waals surface area contributed by atoms with Crippen LogP contribution in [-0.4, -0.2) is 32.7 Å². The van der Waals surface area contributed by atoms with Crippen LogP contribution >= 0.6 is 46.4 Å². The molecule has 2 rings (SSSR count). The maximum absolute atomic E-state index is 10.2. The molecule has 0 spiro atoms. The Balaban J connectivity index is 0.000000211. The average molecular weight is 368 g/mol. The number of hydrogen-bond acceptors (Lipinski definition) is 6. The zero-order valence-electron chi connectivity index (χ0n) is 10.0. The fourth-order valence-electron chi connectivity index (χ4n) is 1.05. The van der Waals surface area contributed by atoms with Gasteiger partial charge in [0, 0.05) is 6.20 Å². The van der Waals surface area contributed by atoms with Crippen molar-refractivity contribution in [2.75, 3.05) is 0 Å². The standard InChI is InChI=1S/C6H4Cl2N2O.C5H2Cl2N2O/c7-5-1-2-9-6(8)4(5)3-10-11;6-4-3(1-10)5(7)9-2-8-4/h1-3,11H;1-2H/b10-3+;. The van der Waals surface area contributed by atoms with E-state index in [0.717, 1.165) is 6.21 Å². The Bertz CT molecular complexity index is 626. The van der Waals surface area contributed by atoms with Crippen molar-refractivity contribution in [1.82, 2.24) is 15.0 Å². The van der Waals surface area contributed by atoms with E-state index in [4.69, 9.17) is 51.6 Å². The van der Waals surface area contributed by atoms with Crippen molar-refractivity contribution in [1.29, 1.82) is 0 Å². The van der Waals surface area contributed by atoms with Crippen LogP contribution in [0.2, 0.25) is 20.5 Å². The molecular weight excluding hydrogens is 362 g/mol. The van der Waals surface area contributed by atoms with Crippen molar-refractivity contribution in [2.24, 2.45) is 5.16 Å². The SMILES string of the molecule is O/N=C/c1c(Cl)ccnc1Cl.O=Cc1c(Cl)ncnc1Cl. The highest BCUT2D eigenvalue weighted by Gasteiger charge is 2.04. The van der Waals surface area contributed by atoms with Crippen molar-refractivity contribution in [2.45, 2.75) is 0 Å². The number of oxime groups is 1. The summed E-state index contributed by atoms with van der Waals surface area (Å²) in [6, 6.07) is 1.56. The molecule has 2 aromatic rings. The van der Waals surface area contributed by atoms with Crippen molar-refractivity contribution in [3.63, 3.8) is 0 Å². The van der Waals surface area contributed by atoms with E-state index in [-0.39, 0.29) is 21.0 Å². The number of carbonyl (C=O) groups excluding carboxylic acids is 1. The lowest BCUT2D eigenvalue weighted by Crippen LogP contribution is -1.89. The van der Waals surface area contributed by atoms with Gasteiger partial charge in [-0.3, -0.25) is 4.79 Å². The molecule has 6 nitrogen and oxygen atoms in total. The van der Waals surface area contributed by atoms with Gasteiger partial charge in [-0.05, 0) is 6.07 Å². The van der Waals surface area contributed by atoms with Gasteiger partial charge < -0.3 is 5.21 Å². The second-order valence-corrected chi connectivity index (χ2v) is 4.71. The molecule has 0 aliphatic heterocycles. The van der Waals surface area contributed by atoms with E-state index in [9.17, 15) is 4.79 Å². The Morgan fingerprint density at radius 3 is 2.00 bits per heavy atom. The monoisotopic (exact) mass is 366 g/mol. The molecule has 0 amide bonds. The van der Waals surface area contributed by atoms with Crippen molar-refractivity contribution in [3.05, 3.63) is 50.2 Å². The van der Waals surface area contributed by atoms with Crippen LogP contribution in [0.25, 0.3) is 0 Å². The van der Waals surface area contributed by atoms with Crippen LogP contribution < -0.4 is 0 Å². The lowest BCUT2D eigenvalue weighted by atomic mass is 10.3. The molecule has 0 unspecified atom stereocenters. The summed E-state index contributed by atoms with van der Waals surface area (Å²) in [4.78, 5) is 21.0. The molecule has 0 aromatic carbocycles. The van der Waals surface area contributed by atoms with Crippen LogP contribution in [0.4, 0.5) is 0 Å². The Labute approximate surface area is 139 Å². The average Bonchev–Trinajstić information content (AvgIpc) is 2.44. The first-order chi connectivity index (χ1) is 10.0. The summed E-state index contributed by atoms with van der Waals surface area (Å²) in [5.74, 6) is 0. The number of aldehydes is 1. The zero-order chi connectivity index (χ0) is 15.8. The number of pyridine rings is 1. The molecule has 2 aromatic heterocycles. The van der Waals surface area contributed by atoms with Gasteiger partial charge in [0.2, 0.25) is 0 Å². The van der Waals surface area contributed by atoms with Gasteiger partial charge in [-0.2, -0.15) is 0 Å². The van der Waals surface area contributed by atoms with Gasteiger partial charge in [-0.1, -0.05) is 51.6 Å². The van der Waals surface area contributed by atoms with Crippen molar-refractivity contribution < 1.29 is 10.0 Å². The molecule has 0 aliphatic rings. The number of nitrogens with zero attached hydrogens (tertiary/aromatic N) is 4. The van der Waals surface area contributed by atoms with E-state index in [1.54, 1.807) is 6.07 Å². The molecular formula is C11H6Cl4N4O2. The van der Waals surface area contributed by atoms with Gasteiger partial charge in [0.25, 0.3) is 0 Å². The van der Waals surface area contributed by atoms with E-state index in [1.807, 2.05) is 0 Å². The summed E-state index contributed by atoms with van der Waals surface area (Å²) in [5.41, 5.74) is 0.546. The topological polar surface area (TPSA) is 88.3 Å². The molecule has 0 fully saturated rings. The molecule has 0 bridgehead atoms. The quantitative estimate of drug-likeness (QED) is 0.218. The number of carbonyl (C=O) groups is 1. The maximum atomic E-state index is 10.2. The third-order valence-corrected chi connectivity index (χ3v) is 3.21. The fourth-order valence-corrected chi connectivity index (χ4v) is 1.90. The summed E-state index contributed by atoms with van der Waals surface area (Å²) >= 11 is 22.2. The molecule has 21 heavy (non-hydrogen) atoms. The third-order valence-electron chi connectivity index (χ3n) is 1.98. The predicted molar refractivity (Wildman–Crippen MR) is 81.1 cm³/mol. The molecule has 110 valence electrons. The Kier molecular flexibility index (Phi) is 7.31. The zero-order valence-corrected chi connectivity index (χ0v) is 13.1. The first kappa shape index (κ1) is 17.6. The first-order valence-electron chi connectivity index (χ1n) is 5.09. The van der Waals surface area contributed by atoms with Gasteiger partial charge in [0.15, 0.2) is 6.29 Å². The Morgan fingerprint density at radius 2 is 1.57 bits per heavy atom. The van der Waals surface area contributed by atoms with Gasteiger partial charge >= 0.3 is 0 Å². The van der Waals surface area contributed by atoms with E-state index >= 15 is 0 Å². The molecule has 10 heteroatoms. The van der Waals surface area contributed by atoms with Crippen LogP contribution in [0.5, 0.6) is 0 Å². The van der Waals surface area contributed by atoms with Crippen LogP contribution in [0.1, 0.15) is 15.9 Å². The first-order valence-corrected chi connectivity index (χ1v) is 6.61. The highest BCUT2D eigenvalue weighted by atomic mass is 35.5. The largest absolute Gasteiger partial charge is 0.411 e. The van der Waals surface area contributed by atoms with Crippen LogP contribution in [0.15, 0.2) is 23.7 Å². The summed E-state index contributed by atoms with van der Waals surface area (Å²) in [7, 11) is 0. The molecule has 0 aliphatic carbocycles. The molecule has 0 atom stereocenters. The summed E-state index contributed by atoms with van der Waals surface area (Å²) in [6.07, 6.45) is 4.32. The van der Waals surface area contributed by atoms with Crippen LogP contribution in [0, 0.1) is 0 Å². The van der Waals surface area contributed by atoms with Gasteiger partial charge in [-0.25, -0.2) is 15.0 Å². The third kappa shape index (κ3) is 5.09. The smallest absolute Gasteiger partial charge is 0.156 e. The second-order valence-electron chi connectivity index (χ2n) is 3.23. The number of hydrogen-bond donors (Lipinski definition) is 1. The van der Waals surface area contributed by atoms with Crippen molar-refractivity contribution in [3.8, 4) is 0 Å². The van der Waals surface area contributed by atoms with Crippen molar-refractivity contribution >= 4 is 58.9 Å². The fraction of sp³-hybridized carbons (Fsp3) is 0. The summed E-state index contributed by atoms with van der Waals surface area (Å²) < 4.78 is 0. The molecule has 2 heterocycles. The number of aromatic nitrogens is 3. The molecule has 0 saturated heterocycles. The van der Waals surface area contributed by atoms with Crippen LogP contribution in [-0.2, 0) is 0 Å². The maximum Gasteiger partial charge on any atom is 0.156 e. The summed E-state index contributed by atoms with van der Waals surface area (Å²) in [6.45, 7) is 0. The van der Waals surface area contributed by atoms with Crippen LogP contribution in [0.3, 0.4) is 0 Å². The Morgan fingerprint density at radius 1 is 1.00 bits per heavy atom. The van der Waals surface area contributed by atoms with Gasteiger partial charge in [-0.15, -0.1) is 0 Å². The van der Waals surface area contributed by atoms with Gasteiger partial charge in [0.05, 0.1) is 22.4 Å². The van der Waals surface area contributed by atoms with E-state index in [2.05, 4.69) is 20.1 Å². The number of rotatable bonds is 2. The minimum Gasteiger partial charge on any atom is -0.411 e. The Hall–Kier alpha value is -1.47. The lowest BCUT2D eigenvalue weighted by Gasteiger charge is -1.96. The van der Waals surface area contributed by atoms with E-state index in [0.29, 0.717) is 16.9 Å². The molecule has 0 saturated carbocycles. The molecule has 0 radical (unpaired) electrons. The normalized spacial score (nSPS) is 10.1. The number of halogens is 4. The van der Waals surface area contributed by atoms with E-state index < -0.39 is 0 Å². The highest BCUT2D eigenvalue weighted by Crippen LogP contribution is 2.19. The minimum atomic E-state index is 0.0787. The minimum absolute atomic E-state index is 0.0787. The second kappa shape index (κ2) is 8.74. The molecule has 1 N–H and O–H groups in total. The van der Waals surface area contributed by atoms with Gasteiger partial charge in [0.1, 0.15) is 21.8 Å². The lowest BCUT2D eigenvalue weighted by molar-refractivity contribution is 0.112.